The maximum Gasteiger partial charge on any atom is 0.290 e. The van der Waals surface area contributed by atoms with E-state index in [4.69, 9.17) is 9.15 Å². The molecule has 0 bridgehead atoms. The highest BCUT2D eigenvalue weighted by molar-refractivity contribution is 5.94. The van der Waals surface area contributed by atoms with Crippen LogP contribution in [0.5, 0.6) is 5.75 Å². The van der Waals surface area contributed by atoms with E-state index in [0.717, 1.165) is 22.4 Å². The van der Waals surface area contributed by atoms with Crippen molar-refractivity contribution in [3.63, 3.8) is 0 Å². The molecule has 1 atom stereocenters. The molecule has 2 aromatic carbocycles. The SMILES string of the molecule is Cc1ccc(OCc2cc(C(=O)N3CCCNC(=O)CCC(c4ccccc4)CCNC(=O)C3)oc2C)cc1. The van der Waals surface area contributed by atoms with Crippen LogP contribution in [-0.4, -0.2) is 48.8 Å². The highest BCUT2D eigenvalue weighted by atomic mass is 16.5. The molecule has 1 fully saturated rings. The summed E-state index contributed by atoms with van der Waals surface area (Å²) in [6, 6.07) is 19.5. The number of carbonyl (C=O) groups excluding carboxylic acids is 3. The van der Waals surface area contributed by atoms with E-state index in [1.165, 1.54) is 4.90 Å². The van der Waals surface area contributed by atoms with Crippen LogP contribution in [-0.2, 0) is 16.2 Å². The molecule has 3 amide bonds. The van der Waals surface area contributed by atoms with Gasteiger partial charge in [-0.15, -0.1) is 0 Å². The van der Waals surface area contributed by atoms with E-state index in [1.807, 2.05) is 49.4 Å². The zero-order valence-electron chi connectivity index (χ0n) is 22.7. The van der Waals surface area contributed by atoms with E-state index in [2.05, 4.69) is 22.8 Å². The molecule has 4 rings (SSSR count). The summed E-state index contributed by atoms with van der Waals surface area (Å²) >= 11 is 0. The van der Waals surface area contributed by atoms with Crippen LogP contribution in [0.3, 0.4) is 0 Å². The summed E-state index contributed by atoms with van der Waals surface area (Å²) in [4.78, 5) is 40.1. The van der Waals surface area contributed by atoms with Gasteiger partial charge in [-0.05, 0) is 62.8 Å². The molecule has 8 heteroatoms. The zero-order valence-corrected chi connectivity index (χ0v) is 22.7. The Morgan fingerprint density at radius 1 is 0.974 bits per heavy atom. The predicted octanol–water partition coefficient (Wildman–Crippen LogP) is 4.51. The van der Waals surface area contributed by atoms with Gasteiger partial charge in [-0.2, -0.15) is 0 Å². The Balaban J connectivity index is 1.41. The van der Waals surface area contributed by atoms with E-state index in [1.54, 1.807) is 13.0 Å². The number of amides is 3. The highest BCUT2D eigenvalue weighted by Gasteiger charge is 2.24. The Morgan fingerprint density at radius 3 is 2.49 bits per heavy atom. The van der Waals surface area contributed by atoms with Gasteiger partial charge in [0.05, 0.1) is 6.54 Å². The van der Waals surface area contributed by atoms with Crippen molar-refractivity contribution in [2.45, 2.75) is 52.1 Å². The van der Waals surface area contributed by atoms with Crippen LogP contribution in [0.4, 0.5) is 0 Å². The number of furan rings is 1. The van der Waals surface area contributed by atoms with E-state index in [0.29, 0.717) is 51.1 Å². The van der Waals surface area contributed by atoms with Crippen LogP contribution < -0.4 is 15.4 Å². The molecular weight excluding hydrogens is 494 g/mol. The second-order valence-electron chi connectivity index (χ2n) is 10.0. The van der Waals surface area contributed by atoms with Crippen LogP contribution >= 0.6 is 0 Å². The van der Waals surface area contributed by atoms with Crippen LogP contribution in [0.1, 0.15) is 64.6 Å². The molecule has 0 spiro atoms. The van der Waals surface area contributed by atoms with E-state index in [9.17, 15) is 14.4 Å². The fourth-order valence-corrected chi connectivity index (χ4v) is 4.68. The number of rotatable bonds is 5. The third-order valence-corrected chi connectivity index (χ3v) is 7.00. The standard InChI is InChI=1S/C31H37N3O5/c1-22-9-12-27(13-10-22)38-21-26-19-28(39-23(26)2)31(37)34-18-6-16-32-29(35)14-11-25(15-17-33-30(36)20-34)24-7-4-3-5-8-24/h3-5,7-10,12-13,19,25H,6,11,14-18,20-21H2,1-2H3,(H,32,35)(H,33,36). The quantitative estimate of drug-likeness (QED) is 0.505. The number of nitrogens with zero attached hydrogens (tertiary/aromatic N) is 1. The van der Waals surface area contributed by atoms with Gasteiger partial charge in [0.1, 0.15) is 18.1 Å². The van der Waals surface area contributed by atoms with Crippen molar-refractivity contribution in [1.82, 2.24) is 15.5 Å². The smallest absolute Gasteiger partial charge is 0.290 e. The topological polar surface area (TPSA) is 101 Å². The van der Waals surface area contributed by atoms with Gasteiger partial charge < -0.3 is 24.7 Å². The molecule has 1 aliphatic heterocycles. The third kappa shape index (κ3) is 8.21. The number of hydrogen-bond donors (Lipinski definition) is 2. The number of nitrogens with one attached hydrogen (secondary N) is 2. The normalized spacial score (nSPS) is 17.6. The summed E-state index contributed by atoms with van der Waals surface area (Å²) in [5, 5.41) is 5.91. The number of ether oxygens (including phenoxy) is 1. The summed E-state index contributed by atoms with van der Waals surface area (Å²) in [7, 11) is 0. The first kappa shape index (κ1) is 28.0. The average Bonchev–Trinajstić information content (AvgIpc) is 3.31. The lowest BCUT2D eigenvalue weighted by Gasteiger charge is -2.23. The molecule has 0 aliphatic carbocycles. The van der Waals surface area contributed by atoms with Crippen LogP contribution in [0.2, 0.25) is 0 Å². The van der Waals surface area contributed by atoms with Gasteiger partial charge in [0, 0.05) is 31.6 Å². The number of benzene rings is 2. The summed E-state index contributed by atoms with van der Waals surface area (Å²) in [5.41, 5.74) is 3.06. The minimum Gasteiger partial charge on any atom is -0.489 e. The van der Waals surface area contributed by atoms with Crippen molar-refractivity contribution >= 4 is 17.7 Å². The Hall–Kier alpha value is -4.07. The largest absolute Gasteiger partial charge is 0.489 e. The lowest BCUT2D eigenvalue weighted by Crippen LogP contribution is -2.42. The first-order valence-corrected chi connectivity index (χ1v) is 13.6. The Kier molecular flexibility index (Phi) is 9.78. The minimum atomic E-state index is -0.365. The number of aryl methyl sites for hydroxylation is 2. The zero-order chi connectivity index (χ0) is 27.6. The first-order valence-electron chi connectivity index (χ1n) is 13.6. The van der Waals surface area contributed by atoms with Crippen molar-refractivity contribution in [3.05, 3.63) is 88.9 Å². The molecule has 1 aliphatic rings. The van der Waals surface area contributed by atoms with Crippen molar-refractivity contribution in [3.8, 4) is 5.75 Å². The molecule has 2 heterocycles. The van der Waals surface area contributed by atoms with Crippen molar-refractivity contribution in [1.29, 1.82) is 0 Å². The predicted molar refractivity (Wildman–Crippen MR) is 149 cm³/mol. The molecule has 3 aromatic rings. The van der Waals surface area contributed by atoms with Gasteiger partial charge in [-0.25, -0.2) is 0 Å². The van der Waals surface area contributed by atoms with E-state index >= 15 is 0 Å². The Morgan fingerprint density at radius 2 is 1.72 bits per heavy atom. The van der Waals surface area contributed by atoms with Crippen molar-refractivity contribution < 1.29 is 23.5 Å². The summed E-state index contributed by atoms with van der Waals surface area (Å²) in [5.74, 6) is 1.06. The molecule has 1 saturated heterocycles. The molecule has 1 aromatic heterocycles. The van der Waals surface area contributed by atoms with Gasteiger partial charge in [-0.3, -0.25) is 14.4 Å². The number of carbonyl (C=O) groups is 3. The fraction of sp³-hybridized carbons (Fsp3) is 0.387. The minimum absolute atomic E-state index is 0.00483. The molecular formula is C31H37N3O5. The lowest BCUT2D eigenvalue weighted by atomic mass is 9.91. The average molecular weight is 532 g/mol. The molecule has 8 nitrogen and oxygen atoms in total. The summed E-state index contributed by atoms with van der Waals surface area (Å²) < 4.78 is 11.6. The third-order valence-electron chi connectivity index (χ3n) is 7.00. The number of hydrogen-bond acceptors (Lipinski definition) is 5. The fourth-order valence-electron chi connectivity index (χ4n) is 4.68. The van der Waals surface area contributed by atoms with E-state index in [-0.39, 0.29) is 42.6 Å². The summed E-state index contributed by atoms with van der Waals surface area (Å²) in [6.07, 6.45) is 2.36. The van der Waals surface area contributed by atoms with Gasteiger partial charge in [0.25, 0.3) is 5.91 Å². The van der Waals surface area contributed by atoms with Gasteiger partial charge >= 0.3 is 0 Å². The van der Waals surface area contributed by atoms with E-state index < -0.39 is 0 Å². The molecule has 0 radical (unpaired) electrons. The van der Waals surface area contributed by atoms with Gasteiger partial charge in [-0.1, -0.05) is 48.0 Å². The summed E-state index contributed by atoms with van der Waals surface area (Å²) in [6.45, 7) is 5.18. The maximum absolute atomic E-state index is 13.4. The van der Waals surface area contributed by atoms with Crippen LogP contribution in [0.15, 0.2) is 65.1 Å². The molecule has 2 N–H and O–H groups in total. The van der Waals surface area contributed by atoms with Gasteiger partial charge in [0.15, 0.2) is 5.76 Å². The van der Waals surface area contributed by atoms with Crippen LogP contribution in [0, 0.1) is 13.8 Å². The monoisotopic (exact) mass is 531 g/mol. The van der Waals surface area contributed by atoms with Crippen molar-refractivity contribution in [2.24, 2.45) is 0 Å². The Labute approximate surface area is 229 Å². The molecule has 39 heavy (non-hydrogen) atoms. The van der Waals surface area contributed by atoms with Gasteiger partial charge in [0.2, 0.25) is 11.8 Å². The lowest BCUT2D eigenvalue weighted by molar-refractivity contribution is -0.123. The second kappa shape index (κ2) is 13.6. The van der Waals surface area contributed by atoms with Crippen molar-refractivity contribution in [2.75, 3.05) is 26.2 Å². The molecule has 1 unspecified atom stereocenters. The second-order valence-corrected chi connectivity index (χ2v) is 10.0. The first-order chi connectivity index (χ1) is 18.9. The molecule has 206 valence electrons. The highest BCUT2D eigenvalue weighted by Crippen LogP contribution is 2.25. The Bertz CT molecular complexity index is 1250. The molecule has 0 saturated carbocycles. The van der Waals surface area contributed by atoms with Crippen LogP contribution in [0.25, 0.3) is 0 Å². The maximum atomic E-state index is 13.4.